The molecule has 0 unspecified atom stereocenters. The summed E-state index contributed by atoms with van der Waals surface area (Å²) in [6.07, 6.45) is 5.42. The average molecular weight is 198 g/mol. The van der Waals surface area contributed by atoms with Gasteiger partial charge in [-0.05, 0) is 32.1 Å². The smallest absolute Gasteiger partial charge is 0.159 e. The van der Waals surface area contributed by atoms with E-state index in [0.29, 0.717) is 17.8 Å². The van der Waals surface area contributed by atoms with Gasteiger partial charge in [-0.25, -0.2) is 8.42 Å². The molecule has 0 N–H and O–H groups in total. The molecular weight excluding hydrogens is 184 g/mol. The normalized spacial score (nSPS) is 53.1. The fourth-order valence-electron chi connectivity index (χ4n) is 3.58. The number of sulfone groups is 1. The quantitative estimate of drug-likeness (QED) is 0.551. The predicted molar refractivity (Wildman–Crippen MR) is 51.0 cm³/mol. The van der Waals surface area contributed by atoms with Crippen molar-refractivity contribution in [2.75, 3.05) is 0 Å². The zero-order chi connectivity index (χ0) is 9.43. The first-order valence-electron chi connectivity index (χ1n) is 4.88. The summed E-state index contributed by atoms with van der Waals surface area (Å²) >= 11 is 0. The van der Waals surface area contributed by atoms with Gasteiger partial charge in [-0.2, -0.15) is 0 Å². The summed E-state index contributed by atoms with van der Waals surface area (Å²) in [6.45, 7) is 3.77. The third-order valence-electron chi connectivity index (χ3n) is 4.28. The molecule has 0 aromatic heterocycles. The van der Waals surface area contributed by atoms with E-state index in [0.717, 1.165) is 6.42 Å². The van der Waals surface area contributed by atoms with Crippen molar-refractivity contribution in [1.29, 1.82) is 0 Å². The molecule has 1 saturated carbocycles. The summed E-state index contributed by atoms with van der Waals surface area (Å²) in [5.74, 6) is 1.30. The van der Waals surface area contributed by atoms with Crippen LogP contribution in [0.1, 0.15) is 20.3 Å². The van der Waals surface area contributed by atoms with Gasteiger partial charge >= 0.3 is 0 Å². The van der Waals surface area contributed by atoms with E-state index in [1.54, 1.807) is 0 Å². The topological polar surface area (TPSA) is 34.1 Å². The lowest BCUT2D eigenvalue weighted by molar-refractivity contribution is 0.290. The SMILES string of the molecule is CC1(C)[C@H]2[C@H]([C@H]3C=C[C@@H]2C3)S1(=O)=O. The minimum absolute atomic E-state index is 0.0301. The number of allylic oxidation sites excluding steroid dienone is 2. The fourth-order valence-corrected chi connectivity index (χ4v) is 6.35. The maximum atomic E-state index is 11.9. The molecule has 1 aliphatic heterocycles. The van der Waals surface area contributed by atoms with Crippen LogP contribution in [-0.2, 0) is 9.84 Å². The Hall–Kier alpha value is -0.310. The lowest BCUT2D eigenvalue weighted by Crippen LogP contribution is -2.63. The zero-order valence-corrected chi connectivity index (χ0v) is 8.71. The minimum atomic E-state index is -2.82. The Kier molecular flexibility index (Phi) is 1.16. The van der Waals surface area contributed by atoms with Crippen LogP contribution in [0.15, 0.2) is 12.2 Å². The van der Waals surface area contributed by atoms with Crippen molar-refractivity contribution >= 4 is 9.84 Å². The highest BCUT2D eigenvalue weighted by molar-refractivity contribution is 7.95. The van der Waals surface area contributed by atoms with E-state index >= 15 is 0 Å². The Morgan fingerprint density at radius 3 is 2.46 bits per heavy atom. The van der Waals surface area contributed by atoms with Crippen LogP contribution < -0.4 is 0 Å². The van der Waals surface area contributed by atoms with Crippen molar-refractivity contribution in [2.24, 2.45) is 17.8 Å². The summed E-state index contributed by atoms with van der Waals surface area (Å²) in [5.41, 5.74) is 0. The van der Waals surface area contributed by atoms with Crippen LogP contribution in [0.2, 0.25) is 0 Å². The van der Waals surface area contributed by atoms with E-state index in [1.165, 1.54) is 0 Å². The molecule has 2 fully saturated rings. The first kappa shape index (κ1) is 8.04. The highest BCUT2D eigenvalue weighted by atomic mass is 32.2. The van der Waals surface area contributed by atoms with E-state index in [-0.39, 0.29) is 5.25 Å². The van der Waals surface area contributed by atoms with Gasteiger partial charge in [0.1, 0.15) is 0 Å². The van der Waals surface area contributed by atoms with Crippen LogP contribution >= 0.6 is 0 Å². The van der Waals surface area contributed by atoms with Crippen molar-refractivity contribution in [3.63, 3.8) is 0 Å². The standard InChI is InChI=1S/C10H14O2S/c1-10(2)8-6-3-4-7(5-6)9(8)13(10,11)12/h3-4,6-9H,5H2,1-2H3/t6-,7+,8-,9+/m1/s1. The van der Waals surface area contributed by atoms with Gasteiger partial charge in [0.2, 0.25) is 0 Å². The van der Waals surface area contributed by atoms with Crippen LogP contribution in [-0.4, -0.2) is 18.4 Å². The molecule has 0 aromatic rings. The van der Waals surface area contributed by atoms with Gasteiger partial charge < -0.3 is 0 Å². The van der Waals surface area contributed by atoms with Crippen LogP contribution in [0, 0.1) is 17.8 Å². The number of rotatable bonds is 0. The van der Waals surface area contributed by atoms with Gasteiger partial charge in [0.15, 0.2) is 9.84 Å². The van der Waals surface area contributed by atoms with Crippen molar-refractivity contribution in [1.82, 2.24) is 0 Å². The van der Waals surface area contributed by atoms with E-state index < -0.39 is 14.6 Å². The lowest BCUT2D eigenvalue weighted by atomic mass is 9.81. The Morgan fingerprint density at radius 2 is 1.85 bits per heavy atom. The number of hydrogen-bond donors (Lipinski definition) is 0. The Balaban J connectivity index is 2.15. The lowest BCUT2D eigenvalue weighted by Gasteiger charge is -2.51. The van der Waals surface area contributed by atoms with Gasteiger partial charge in [0.05, 0.1) is 10.00 Å². The van der Waals surface area contributed by atoms with E-state index in [4.69, 9.17) is 0 Å². The molecule has 1 heterocycles. The predicted octanol–water partition coefficient (Wildman–Crippen LogP) is 1.38. The van der Waals surface area contributed by atoms with Gasteiger partial charge in [-0.1, -0.05) is 12.2 Å². The molecule has 0 aromatic carbocycles. The first-order valence-corrected chi connectivity index (χ1v) is 6.42. The Morgan fingerprint density at radius 1 is 1.23 bits per heavy atom. The molecule has 72 valence electrons. The maximum Gasteiger partial charge on any atom is 0.159 e. The third-order valence-corrected chi connectivity index (χ3v) is 7.38. The Bertz CT molecular complexity index is 391. The van der Waals surface area contributed by atoms with Crippen LogP contribution in [0.5, 0.6) is 0 Å². The van der Waals surface area contributed by atoms with Crippen molar-refractivity contribution in [2.45, 2.75) is 30.3 Å². The molecule has 2 bridgehead atoms. The molecule has 0 amide bonds. The van der Waals surface area contributed by atoms with E-state index in [1.807, 2.05) is 13.8 Å². The van der Waals surface area contributed by atoms with Crippen LogP contribution in [0.25, 0.3) is 0 Å². The molecule has 13 heavy (non-hydrogen) atoms. The fraction of sp³-hybridized carbons (Fsp3) is 0.800. The van der Waals surface area contributed by atoms with Crippen LogP contribution in [0.4, 0.5) is 0 Å². The van der Waals surface area contributed by atoms with Crippen LogP contribution in [0.3, 0.4) is 0 Å². The molecular formula is C10H14O2S. The molecule has 3 aliphatic rings. The van der Waals surface area contributed by atoms with Crippen molar-refractivity contribution in [3.8, 4) is 0 Å². The third kappa shape index (κ3) is 0.632. The average Bonchev–Trinajstić information content (AvgIpc) is 2.60. The number of fused-ring (bicyclic) bond motifs is 5. The zero-order valence-electron chi connectivity index (χ0n) is 7.90. The van der Waals surface area contributed by atoms with Crippen molar-refractivity contribution in [3.05, 3.63) is 12.2 Å². The summed E-state index contributed by atoms with van der Waals surface area (Å²) in [4.78, 5) is 0. The number of hydrogen-bond acceptors (Lipinski definition) is 2. The van der Waals surface area contributed by atoms with E-state index in [2.05, 4.69) is 12.2 Å². The van der Waals surface area contributed by atoms with Crippen molar-refractivity contribution < 1.29 is 8.42 Å². The highest BCUT2D eigenvalue weighted by Gasteiger charge is 2.69. The minimum Gasteiger partial charge on any atom is -0.228 e. The Labute approximate surface area is 78.9 Å². The molecule has 4 atom stereocenters. The van der Waals surface area contributed by atoms with Gasteiger partial charge in [-0.3, -0.25) is 0 Å². The second kappa shape index (κ2) is 1.88. The molecule has 2 aliphatic carbocycles. The summed E-state index contributed by atoms with van der Waals surface area (Å²) in [6, 6.07) is 0. The largest absolute Gasteiger partial charge is 0.228 e. The monoisotopic (exact) mass is 198 g/mol. The maximum absolute atomic E-state index is 11.9. The van der Waals surface area contributed by atoms with Gasteiger partial charge in [0.25, 0.3) is 0 Å². The van der Waals surface area contributed by atoms with E-state index in [9.17, 15) is 8.42 Å². The molecule has 0 radical (unpaired) electrons. The first-order chi connectivity index (χ1) is 5.96. The van der Waals surface area contributed by atoms with Gasteiger partial charge in [0, 0.05) is 5.92 Å². The molecule has 3 heteroatoms. The second-order valence-corrected chi connectivity index (χ2v) is 7.77. The summed E-state index contributed by atoms with van der Waals surface area (Å²) in [7, 11) is -2.82. The molecule has 1 saturated heterocycles. The molecule has 2 nitrogen and oxygen atoms in total. The summed E-state index contributed by atoms with van der Waals surface area (Å²) in [5, 5.41) is -0.0301. The second-order valence-electron chi connectivity index (χ2n) is 5.09. The molecule has 0 spiro atoms. The molecule has 3 rings (SSSR count). The van der Waals surface area contributed by atoms with Gasteiger partial charge in [-0.15, -0.1) is 0 Å². The summed E-state index contributed by atoms with van der Waals surface area (Å²) < 4.78 is 23.4. The highest BCUT2D eigenvalue weighted by Crippen LogP contribution is 2.61.